The number of hydrogen-bond acceptors (Lipinski definition) is 4. The molecule has 0 bridgehead atoms. The van der Waals surface area contributed by atoms with E-state index in [1.807, 2.05) is 38.1 Å². The molecule has 1 N–H and O–H groups in total. The first-order valence-electron chi connectivity index (χ1n) is 11.9. The van der Waals surface area contributed by atoms with E-state index in [1.54, 1.807) is 7.11 Å². The summed E-state index contributed by atoms with van der Waals surface area (Å²) in [5.74, 6) is 0.743. The number of hydrogen-bond donors (Lipinski definition) is 1. The van der Waals surface area contributed by atoms with Gasteiger partial charge in [-0.15, -0.1) is 0 Å². The van der Waals surface area contributed by atoms with Gasteiger partial charge in [-0.1, -0.05) is 36.4 Å². The Balaban J connectivity index is 1.80. The average molecular weight is 468 g/mol. The number of fused-ring (bicyclic) bond motifs is 1. The summed E-state index contributed by atoms with van der Waals surface area (Å²) >= 11 is 0. The number of carbonyl (C=O) groups excluding carboxylic acids is 1. The van der Waals surface area contributed by atoms with Crippen LogP contribution in [-0.2, 0) is 17.8 Å². The number of nitrogens with one attached hydrogen (secondary N) is 1. The van der Waals surface area contributed by atoms with Crippen LogP contribution in [0.1, 0.15) is 25.0 Å². The SMILES string of the molecule is COc1cccc(-c2nc3ccc(-c4cccc(CN(C)C)c4)cc3cc2CC(=O)NC(C)C)c1. The predicted octanol–water partition coefficient (Wildman–Crippen LogP) is 5.71. The summed E-state index contributed by atoms with van der Waals surface area (Å²) in [5, 5.41) is 4.02. The van der Waals surface area contributed by atoms with E-state index in [0.717, 1.165) is 45.6 Å². The lowest BCUT2D eigenvalue weighted by atomic mass is 9.97. The van der Waals surface area contributed by atoms with Crippen LogP contribution in [-0.4, -0.2) is 43.0 Å². The monoisotopic (exact) mass is 467 g/mol. The number of carbonyl (C=O) groups is 1. The van der Waals surface area contributed by atoms with Crippen molar-refractivity contribution in [1.29, 1.82) is 0 Å². The van der Waals surface area contributed by atoms with Crippen molar-refractivity contribution < 1.29 is 9.53 Å². The molecule has 0 saturated carbocycles. The first-order valence-corrected chi connectivity index (χ1v) is 11.9. The molecule has 0 aliphatic heterocycles. The summed E-state index contributed by atoms with van der Waals surface area (Å²) in [6, 6.07) is 25.0. The molecule has 0 saturated heterocycles. The second kappa shape index (κ2) is 10.7. The third kappa shape index (κ3) is 6.06. The smallest absolute Gasteiger partial charge is 0.224 e. The van der Waals surface area contributed by atoms with E-state index in [0.29, 0.717) is 0 Å². The fraction of sp³-hybridized carbons (Fsp3) is 0.267. The summed E-state index contributed by atoms with van der Waals surface area (Å²) in [6.07, 6.45) is 0.260. The van der Waals surface area contributed by atoms with Crippen molar-refractivity contribution in [3.63, 3.8) is 0 Å². The molecular formula is C30H33N3O2. The second-order valence-corrected chi connectivity index (χ2v) is 9.47. The maximum atomic E-state index is 12.7. The van der Waals surface area contributed by atoms with E-state index in [2.05, 4.69) is 72.8 Å². The molecule has 4 rings (SSSR count). The maximum Gasteiger partial charge on any atom is 0.224 e. The molecular weight excluding hydrogens is 434 g/mol. The highest BCUT2D eigenvalue weighted by Crippen LogP contribution is 2.31. The van der Waals surface area contributed by atoms with Crippen molar-refractivity contribution in [3.8, 4) is 28.1 Å². The zero-order valence-corrected chi connectivity index (χ0v) is 21.1. The highest BCUT2D eigenvalue weighted by atomic mass is 16.5. The number of rotatable bonds is 8. The van der Waals surface area contributed by atoms with Gasteiger partial charge in [0, 0.05) is 23.5 Å². The number of benzene rings is 3. The van der Waals surface area contributed by atoms with E-state index < -0.39 is 0 Å². The molecule has 1 amide bonds. The predicted molar refractivity (Wildman–Crippen MR) is 144 cm³/mol. The Kier molecular flexibility index (Phi) is 7.47. The minimum absolute atomic E-state index is 0.0159. The van der Waals surface area contributed by atoms with Gasteiger partial charge in [0.2, 0.25) is 5.91 Å². The van der Waals surface area contributed by atoms with Gasteiger partial charge in [0.1, 0.15) is 5.75 Å². The summed E-state index contributed by atoms with van der Waals surface area (Å²) in [6.45, 7) is 4.83. The molecule has 0 fully saturated rings. The average Bonchev–Trinajstić information content (AvgIpc) is 2.82. The van der Waals surface area contributed by atoms with Crippen molar-refractivity contribution >= 4 is 16.8 Å². The van der Waals surface area contributed by atoms with Gasteiger partial charge in [0.25, 0.3) is 0 Å². The zero-order chi connectivity index (χ0) is 24.9. The molecule has 0 radical (unpaired) electrons. The lowest BCUT2D eigenvalue weighted by Crippen LogP contribution is -2.31. The molecule has 4 aromatic rings. The fourth-order valence-corrected chi connectivity index (χ4v) is 4.32. The first-order chi connectivity index (χ1) is 16.8. The Morgan fingerprint density at radius 1 is 0.943 bits per heavy atom. The van der Waals surface area contributed by atoms with Crippen LogP contribution in [0.25, 0.3) is 33.3 Å². The van der Waals surface area contributed by atoms with E-state index >= 15 is 0 Å². The molecule has 5 heteroatoms. The van der Waals surface area contributed by atoms with Gasteiger partial charge in [0.05, 0.1) is 24.7 Å². The lowest BCUT2D eigenvalue weighted by Gasteiger charge is -2.14. The number of pyridine rings is 1. The number of amides is 1. The minimum Gasteiger partial charge on any atom is -0.497 e. The molecule has 0 atom stereocenters. The normalized spacial score (nSPS) is 11.3. The van der Waals surface area contributed by atoms with Crippen LogP contribution in [0.5, 0.6) is 5.75 Å². The molecule has 0 aliphatic carbocycles. The Morgan fingerprint density at radius 2 is 1.69 bits per heavy atom. The first kappa shape index (κ1) is 24.4. The number of aromatic nitrogens is 1. The molecule has 0 aliphatic rings. The summed E-state index contributed by atoms with van der Waals surface area (Å²) in [7, 11) is 5.80. The fourth-order valence-electron chi connectivity index (χ4n) is 4.32. The minimum atomic E-state index is -0.0159. The van der Waals surface area contributed by atoms with Crippen LogP contribution in [0.4, 0.5) is 0 Å². The van der Waals surface area contributed by atoms with Crippen molar-refractivity contribution in [2.45, 2.75) is 32.9 Å². The van der Waals surface area contributed by atoms with Crippen LogP contribution in [0.15, 0.2) is 72.8 Å². The summed E-state index contributed by atoms with van der Waals surface area (Å²) in [5.41, 5.74) is 7.08. The Hall–Kier alpha value is -3.70. The quantitative estimate of drug-likeness (QED) is 0.361. The summed E-state index contributed by atoms with van der Waals surface area (Å²) < 4.78 is 5.43. The van der Waals surface area contributed by atoms with Crippen LogP contribution in [0.3, 0.4) is 0 Å². The van der Waals surface area contributed by atoms with E-state index in [-0.39, 0.29) is 18.4 Å². The Bertz CT molecular complexity index is 1340. The van der Waals surface area contributed by atoms with Crippen LogP contribution >= 0.6 is 0 Å². The molecule has 0 unspecified atom stereocenters. The zero-order valence-electron chi connectivity index (χ0n) is 21.1. The van der Waals surface area contributed by atoms with Crippen LogP contribution < -0.4 is 10.1 Å². The van der Waals surface area contributed by atoms with Gasteiger partial charge in [-0.05, 0) is 86.6 Å². The Labute approximate surface area is 207 Å². The number of methoxy groups -OCH3 is 1. The van der Waals surface area contributed by atoms with Gasteiger partial charge in [-0.2, -0.15) is 0 Å². The van der Waals surface area contributed by atoms with Gasteiger partial charge in [0.15, 0.2) is 0 Å². The largest absolute Gasteiger partial charge is 0.497 e. The van der Waals surface area contributed by atoms with Gasteiger partial charge in [-0.25, -0.2) is 4.98 Å². The summed E-state index contributed by atoms with van der Waals surface area (Å²) in [4.78, 5) is 19.9. The topological polar surface area (TPSA) is 54.5 Å². The van der Waals surface area contributed by atoms with E-state index in [1.165, 1.54) is 11.1 Å². The maximum absolute atomic E-state index is 12.7. The highest BCUT2D eigenvalue weighted by Gasteiger charge is 2.15. The standard InChI is InChI=1S/C30H33N3O2/c1-20(2)31-29(34)18-26-16-25-15-23(22-9-6-8-21(14-22)19-33(3)4)12-13-28(25)32-30(26)24-10-7-11-27(17-24)35-5/h6-17,20H,18-19H2,1-5H3,(H,31,34). The lowest BCUT2D eigenvalue weighted by molar-refractivity contribution is -0.120. The van der Waals surface area contributed by atoms with E-state index in [9.17, 15) is 4.79 Å². The Morgan fingerprint density at radius 3 is 2.43 bits per heavy atom. The van der Waals surface area contributed by atoms with Gasteiger partial charge >= 0.3 is 0 Å². The third-order valence-electron chi connectivity index (χ3n) is 5.80. The molecule has 180 valence electrons. The molecule has 1 aromatic heterocycles. The molecule has 1 heterocycles. The molecule has 35 heavy (non-hydrogen) atoms. The third-order valence-corrected chi connectivity index (χ3v) is 5.80. The van der Waals surface area contributed by atoms with Crippen molar-refractivity contribution in [3.05, 3.63) is 83.9 Å². The number of ether oxygens (including phenoxy) is 1. The van der Waals surface area contributed by atoms with Crippen LogP contribution in [0.2, 0.25) is 0 Å². The number of nitrogens with zero attached hydrogens (tertiary/aromatic N) is 2. The van der Waals surface area contributed by atoms with Gasteiger partial charge in [-0.3, -0.25) is 4.79 Å². The van der Waals surface area contributed by atoms with Crippen molar-refractivity contribution in [1.82, 2.24) is 15.2 Å². The molecule has 5 nitrogen and oxygen atoms in total. The van der Waals surface area contributed by atoms with Crippen LogP contribution in [0, 0.1) is 0 Å². The van der Waals surface area contributed by atoms with Crippen molar-refractivity contribution in [2.75, 3.05) is 21.2 Å². The molecule has 3 aromatic carbocycles. The highest BCUT2D eigenvalue weighted by molar-refractivity contribution is 5.90. The van der Waals surface area contributed by atoms with Gasteiger partial charge < -0.3 is 15.0 Å². The molecule has 0 spiro atoms. The van der Waals surface area contributed by atoms with E-state index in [4.69, 9.17) is 9.72 Å². The van der Waals surface area contributed by atoms with Crippen molar-refractivity contribution in [2.24, 2.45) is 0 Å². The second-order valence-electron chi connectivity index (χ2n) is 9.47.